The number of rotatable bonds is 5. The fourth-order valence-corrected chi connectivity index (χ4v) is 5.12. The Balaban J connectivity index is 1.89. The predicted molar refractivity (Wildman–Crippen MR) is 95.9 cm³/mol. The molecule has 10 heteroatoms. The van der Waals surface area contributed by atoms with Gasteiger partial charge in [0, 0.05) is 32.2 Å². The molecule has 1 fully saturated rings. The fraction of sp³-hybridized carbons (Fsp3) is 0.600. The first-order valence-corrected chi connectivity index (χ1v) is 10.4. The van der Waals surface area contributed by atoms with Crippen molar-refractivity contribution >= 4 is 33.3 Å². The third kappa shape index (κ3) is 5.00. The number of piperazine rings is 1. The van der Waals surface area contributed by atoms with Crippen LogP contribution in [-0.4, -0.2) is 67.8 Å². The standard InChI is InChI=1S/C15H24N4O4S2/c1-11(2)16-15(21)17-14(20)12(3)18-6-8-19(9-7-18)25(22,23)13-5-4-10-24-13/h4-5,10-12H,6-9H2,1-3H3,(H2,16,17,20,21)/t12-/m0/s1. The zero-order valence-corrected chi connectivity index (χ0v) is 16.2. The lowest BCUT2D eigenvalue weighted by molar-refractivity contribution is -0.125. The summed E-state index contributed by atoms with van der Waals surface area (Å²) in [4.78, 5) is 25.6. The minimum absolute atomic E-state index is 0.0610. The average molecular weight is 389 g/mol. The number of hydrogen-bond acceptors (Lipinski definition) is 6. The Hall–Kier alpha value is -1.49. The molecule has 1 saturated heterocycles. The van der Waals surface area contributed by atoms with Crippen LogP contribution in [0.1, 0.15) is 20.8 Å². The number of nitrogens with zero attached hydrogens (tertiary/aromatic N) is 2. The van der Waals surface area contributed by atoms with E-state index in [0.29, 0.717) is 30.4 Å². The highest BCUT2D eigenvalue weighted by atomic mass is 32.2. The van der Waals surface area contributed by atoms with Gasteiger partial charge in [0.15, 0.2) is 0 Å². The number of sulfonamides is 1. The Bertz CT molecular complexity index is 695. The smallest absolute Gasteiger partial charge is 0.321 e. The van der Waals surface area contributed by atoms with Crippen LogP contribution in [0.3, 0.4) is 0 Å². The maximum atomic E-state index is 12.5. The molecule has 1 aliphatic rings. The Morgan fingerprint density at radius 2 is 1.80 bits per heavy atom. The van der Waals surface area contributed by atoms with Crippen LogP contribution in [0, 0.1) is 0 Å². The van der Waals surface area contributed by atoms with Gasteiger partial charge in [0.2, 0.25) is 5.91 Å². The van der Waals surface area contributed by atoms with E-state index in [1.807, 2.05) is 4.90 Å². The number of carbonyl (C=O) groups is 2. The first-order chi connectivity index (χ1) is 11.7. The zero-order valence-electron chi connectivity index (χ0n) is 14.6. The topological polar surface area (TPSA) is 98.8 Å². The van der Waals surface area contributed by atoms with E-state index < -0.39 is 28.0 Å². The van der Waals surface area contributed by atoms with Crippen LogP contribution in [0.15, 0.2) is 21.7 Å². The van der Waals surface area contributed by atoms with Gasteiger partial charge in [-0.1, -0.05) is 6.07 Å². The Morgan fingerprint density at radius 3 is 2.32 bits per heavy atom. The summed E-state index contributed by atoms with van der Waals surface area (Å²) in [5.74, 6) is -0.396. The van der Waals surface area contributed by atoms with E-state index in [4.69, 9.17) is 0 Å². The second-order valence-corrected chi connectivity index (χ2v) is 9.28. The number of amides is 3. The van der Waals surface area contributed by atoms with E-state index in [2.05, 4.69) is 10.6 Å². The molecule has 0 radical (unpaired) electrons. The number of urea groups is 1. The van der Waals surface area contributed by atoms with Crippen molar-refractivity contribution in [3.63, 3.8) is 0 Å². The largest absolute Gasteiger partial charge is 0.336 e. The molecule has 0 aliphatic carbocycles. The van der Waals surface area contributed by atoms with Gasteiger partial charge in [0.05, 0.1) is 6.04 Å². The maximum Gasteiger partial charge on any atom is 0.321 e. The lowest BCUT2D eigenvalue weighted by atomic mass is 10.2. The molecule has 0 unspecified atom stereocenters. The summed E-state index contributed by atoms with van der Waals surface area (Å²) in [6.45, 7) is 6.82. The van der Waals surface area contributed by atoms with Crippen LogP contribution in [0.5, 0.6) is 0 Å². The first kappa shape index (κ1) is 19.8. The molecule has 0 saturated carbocycles. The van der Waals surface area contributed by atoms with E-state index in [1.54, 1.807) is 38.3 Å². The van der Waals surface area contributed by atoms with Crippen LogP contribution in [0.25, 0.3) is 0 Å². The molecule has 140 valence electrons. The highest BCUT2D eigenvalue weighted by Gasteiger charge is 2.32. The number of thiophene rings is 1. The third-order valence-electron chi connectivity index (χ3n) is 3.95. The van der Waals surface area contributed by atoms with Crippen molar-refractivity contribution in [2.45, 2.75) is 37.1 Å². The molecule has 3 amide bonds. The Labute approximate surface area is 152 Å². The highest BCUT2D eigenvalue weighted by Crippen LogP contribution is 2.22. The molecule has 0 bridgehead atoms. The summed E-state index contributed by atoms with van der Waals surface area (Å²) in [5, 5.41) is 6.64. The molecule has 0 spiro atoms. The summed E-state index contributed by atoms with van der Waals surface area (Å²) < 4.78 is 26.8. The summed E-state index contributed by atoms with van der Waals surface area (Å²) in [7, 11) is -3.46. The van der Waals surface area contributed by atoms with Gasteiger partial charge in [-0.2, -0.15) is 4.31 Å². The van der Waals surface area contributed by atoms with Crippen molar-refractivity contribution in [2.75, 3.05) is 26.2 Å². The normalized spacial score (nSPS) is 18.1. The zero-order chi connectivity index (χ0) is 18.6. The SMILES string of the molecule is CC(C)NC(=O)NC(=O)[C@H](C)N1CCN(S(=O)(=O)c2cccs2)CC1. The van der Waals surface area contributed by atoms with Gasteiger partial charge in [0.1, 0.15) is 4.21 Å². The van der Waals surface area contributed by atoms with Crippen molar-refractivity contribution in [3.05, 3.63) is 17.5 Å². The van der Waals surface area contributed by atoms with Crippen molar-refractivity contribution in [1.82, 2.24) is 19.8 Å². The van der Waals surface area contributed by atoms with E-state index in [1.165, 1.54) is 15.6 Å². The lowest BCUT2D eigenvalue weighted by Crippen LogP contribution is -2.56. The maximum absolute atomic E-state index is 12.5. The second kappa shape index (κ2) is 8.26. The van der Waals surface area contributed by atoms with Gasteiger partial charge >= 0.3 is 6.03 Å². The number of nitrogens with one attached hydrogen (secondary N) is 2. The van der Waals surface area contributed by atoms with Crippen LogP contribution >= 0.6 is 11.3 Å². The molecule has 1 aromatic heterocycles. The van der Waals surface area contributed by atoms with Crippen molar-refractivity contribution < 1.29 is 18.0 Å². The van der Waals surface area contributed by atoms with E-state index in [-0.39, 0.29) is 6.04 Å². The summed E-state index contributed by atoms with van der Waals surface area (Å²) in [5.41, 5.74) is 0. The van der Waals surface area contributed by atoms with E-state index in [9.17, 15) is 18.0 Å². The van der Waals surface area contributed by atoms with Crippen molar-refractivity contribution in [1.29, 1.82) is 0 Å². The molecule has 2 N–H and O–H groups in total. The van der Waals surface area contributed by atoms with Crippen LogP contribution in [0.4, 0.5) is 4.79 Å². The predicted octanol–water partition coefficient (Wildman–Crippen LogP) is 0.677. The lowest BCUT2D eigenvalue weighted by Gasteiger charge is -2.36. The molecular formula is C15H24N4O4S2. The number of hydrogen-bond donors (Lipinski definition) is 2. The summed E-state index contributed by atoms with van der Waals surface area (Å²) in [6.07, 6.45) is 0. The van der Waals surface area contributed by atoms with E-state index in [0.717, 1.165) is 0 Å². The summed E-state index contributed by atoms with van der Waals surface area (Å²) >= 11 is 1.20. The van der Waals surface area contributed by atoms with Gasteiger partial charge in [0.25, 0.3) is 10.0 Å². The van der Waals surface area contributed by atoms with Gasteiger partial charge in [-0.15, -0.1) is 11.3 Å². The summed E-state index contributed by atoms with van der Waals surface area (Å²) in [6, 6.07) is 2.21. The number of carbonyl (C=O) groups excluding carboxylic acids is 2. The minimum Gasteiger partial charge on any atom is -0.336 e. The first-order valence-electron chi connectivity index (χ1n) is 8.11. The molecular weight excluding hydrogens is 364 g/mol. The quantitative estimate of drug-likeness (QED) is 0.773. The molecule has 1 atom stereocenters. The Kier molecular flexibility index (Phi) is 6.55. The highest BCUT2D eigenvalue weighted by molar-refractivity contribution is 7.91. The Morgan fingerprint density at radius 1 is 1.16 bits per heavy atom. The second-order valence-electron chi connectivity index (χ2n) is 6.17. The molecule has 1 aliphatic heterocycles. The molecule has 0 aromatic carbocycles. The molecule has 8 nitrogen and oxygen atoms in total. The monoisotopic (exact) mass is 388 g/mol. The van der Waals surface area contributed by atoms with Gasteiger partial charge in [-0.3, -0.25) is 15.0 Å². The molecule has 25 heavy (non-hydrogen) atoms. The van der Waals surface area contributed by atoms with Crippen molar-refractivity contribution in [3.8, 4) is 0 Å². The van der Waals surface area contributed by atoms with Gasteiger partial charge in [-0.05, 0) is 32.2 Å². The van der Waals surface area contributed by atoms with Gasteiger partial charge < -0.3 is 5.32 Å². The minimum atomic E-state index is -3.46. The third-order valence-corrected chi connectivity index (χ3v) is 7.22. The molecule has 1 aromatic rings. The van der Waals surface area contributed by atoms with Crippen molar-refractivity contribution in [2.24, 2.45) is 0 Å². The molecule has 2 rings (SSSR count). The number of imide groups is 1. The van der Waals surface area contributed by atoms with Crippen LogP contribution in [0.2, 0.25) is 0 Å². The van der Waals surface area contributed by atoms with Gasteiger partial charge in [-0.25, -0.2) is 13.2 Å². The van der Waals surface area contributed by atoms with Crippen LogP contribution in [-0.2, 0) is 14.8 Å². The average Bonchev–Trinajstić information content (AvgIpc) is 3.08. The van der Waals surface area contributed by atoms with E-state index >= 15 is 0 Å². The fourth-order valence-electron chi connectivity index (χ4n) is 2.55. The molecule has 2 heterocycles. The van der Waals surface area contributed by atoms with Crippen LogP contribution < -0.4 is 10.6 Å².